The van der Waals surface area contributed by atoms with Crippen molar-refractivity contribution >= 4 is 11.3 Å². The van der Waals surface area contributed by atoms with Gasteiger partial charge in [-0.15, -0.1) is 10.2 Å². The van der Waals surface area contributed by atoms with Gasteiger partial charge in [0.15, 0.2) is 0 Å². The molecule has 4 heteroatoms. The van der Waals surface area contributed by atoms with E-state index in [0.29, 0.717) is 0 Å². The van der Waals surface area contributed by atoms with E-state index < -0.39 is 0 Å². The summed E-state index contributed by atoms with van der Waals surface area (Å²) < 4.78 is 0. The molecule has 3 rings (SSSR count). The summed E-state index contributed by atoms with van der Waals surface area (Å²) in [5.41, 5.74) is 0. The summed E-state index contributed by atoms with van der Waals surface area (Å²) in [7, 11) is 0. The molecular formula is C12H19N3S. The first-order valence-corrected chi connectivity index (χ1v) is 7.24. The summed E-state index contributed by atoms with van der Waals surface area (Å²) in [6.07, 6.45) is 5.48. The van der Waals surface area contributed by atoms with Gasteiger partial charge in [-0.3, -0.25) is 0 Å². The Morgan fingerprint density at radius 3 is 2.88 bits per heavy atom. The molecule has 0 aromatic carbocycles. The van der Waals surface area contributed by atoms with Crippen molar-refractivity contribution in [2.45, 2.75) is 45.1 Å². The maximum absolute atomic E-state index is 4.37. The van der Waals surface area contributed by atoms with Crippen LogP contribution in [-0.2, 0) is 6.54 Å². The van der Waals surface area contributed by atoms with Gasteiger partial charge in [-0.05, 0) is 37.6 Å². The van der Waals surface area contributed by atoms with E-state index in [1.54, 1.807) is 0 Å². The van der Waals surface area contributed by atoms with Crippen LogP contribution in [0.3, 0.4) is 0 Å². The van der Waals surface area contributed by atoms with Crippen molar-refractivity contribution in [3.63, 3.8) is 0 Å². The Labute approximate surface area is 101 Å². The Bertz CT molecular complexity index is 353. The monoisotopic (exact) mass is 237 g/mol. The van der Waals surface area contributed by atoms with Crippen molar-refractivity contribution in [2.75, 3.05) is 6.54 Å². The van der Waals surface area contributed by atoms with Crippen molar-refractivity contribution in [1.82, 2.24) is 15.5 Å². The summed E-state index contributed by atoms with van der Waals surface area (Å²) in [5.74, 6) is 2.71. The van der Waals surface area contributed by atoms with Crippen molar-refractivity contribution < 1.29 is 0 Å². The second-order valence-corrected chi connectivity index (χ2v) is 6.09. The number of fused-ring (bicyclic) bond motifs is 1. The molecule has 0 bridgehead atoms. The molecule has 1 aromatic heterocycles. The molecule has 0 radical (unpaired) electrons. The lowest BCUT2D eigenvalue weighted by Gasteiger charge is -1.97. The molecule has 1 N–H and O–H groups in total. The number of nitrogens with zero attached hydrogens (tertiary/aromatic N) is 2. The van der Waals surface area contributed by atoms with Gasteiger partial charge in [-0.25, -0.2) is 0 Å². The first-order chi connectivity index (χ1) is 7.90. The zero-order valence-corrected chi connectivity index (χ0v) is 10.6. The highest BCUT2D eigenvalue weighted by molar-refractivity contribution is 7.11. The minimum atomic E-state index is 0.783. The molecule has 2 saturated carbocycles. The zero-order valence-electron chi connectivity index (χ0n) is 9.78. The largest absolute Gasteiger partial charge is 0.310 e. The van der Waals surface area contributed by atoms with E-state index in [4.69, 9.17) is 0 Å². The lowest BCUT2D eigenvalue weighted by Crippen LogP contribution is -2.13. The van der Waals surface area contributed by atoms with E-state index in [1.165, 1.54) is 30.7 Å². The predicted octanol–water partition coefficient (Wildman–Crippen LogP) is 2.55. The minimum absolute atomic E-state index is 0.783. The molecule has 2 unspecified atom stereocenters. The third-order valence-corrected chi connectivity index (χ3v) is 4.90. The van der Waals surface area contributed by atoms with Crippen LogP contribution < -0.4 is 5.32 Å². The highest BCUT2D eigenvalue weighted by Crippen LogP contribution is 2.63. The minimum Gasteiger partial charge on any atom is -0.310 e. The molecule has 1 aromatic rings. The molecule has 1 heterocycles. The Kier molecular flexibility index (Phi) is 2.94. The van der Waals surface area contributed by atoms with E-state index in [0.717, 1.165) is 35.9 Å². The normalized spacial score (nSPS) is 31.7. The summed E-state index contributed by atoms with van der Waals surface area (Å²) in [4.78, 5) is 0. The van der Waals surface area contributed by atoms with Crippen LogP contribution in [0.5, 0.6) is 0 Å². The molecule has 0 spiro atoms. The fourth-order valence-electron chi connectivity index (χ4n) is 3.03. The van der Waals surface area contributed by atoms with Crippen LogP contribution in [0.1, 0.15) is 48.5 Å². The van der Waals surface area contributed by atoms with Gasteiger partial charge >= 0.3 is 0 Å². The molecule has 2 fully saturated rings. The fraction of sp³-hybridized carbons (Fsp3) is 0.833. The van der Waals surface area contributed by atoms with Gasteiger partial charge in [0, 0.05) is 12.5 Å². The molecule has 16 heavy (non-hydrogen) atoms. The van der Waals surface area contributed by atoms with Gasteiger partial charge in [0.1, 0.15) is 10.0 Å². The third-order valence-electron chi connectivity index (χ3n) is 3.88. The van der Waals surface area contributed by atoms with E-state index >= 15 is 0 Å². The maximum atomic E-state index is 4.37. The SMILES string of the molecule is CCCNCc1nnc(C2C3CCCC32)s1. The van der Waals surface area contributed by atoms with E-state index in [9.17, 15) is 0 Å². The second kappa shape index (κ2) is 4.41. The topological polar surface area (TPSA) is 37.8 Å². The molecule has 3 nitrogen and oxygen atoms in total. The van der Waals surface area contributed by atoms with Gasteiger partial charge in [0.05, 0.1) is 0 Å². The molecule has 88 valence electrons. The molecule has 2 atom stereocenters. The Morgan fingerprint density at radius 1 is 1.31 bits per heavy atom. The highest BCUT2D eigenvalue weighted by Gasteiger charge is 2.54. The molecule has 0 aliphatic heterocycles. The fourth-order valence-corrected chi connectivity index (χ4v) is 4.10. The van der Waals surface area contributed by atoms with Crippen LogP contribution in [0.15, 0.2) is 0 Å². The predicted molar refractivity (Wildman–Crippen MR) is 65.5 cm³/mol. The summed E-state index contributed by atoms with van der Waals surface area (Å²) in [5, 5.41) is 14.5. The van der Waals surface area contributed by atoms with Crippen LogP contribution in [0.2, 0.25) is 0 Å². The van der Waals surface area contributed by atoms with Gasteiger partial charge < -0.3 is 5.32 Å². The molecule has 0 saturated heterocycles. The Morgan fingerprint density at radius 2 is 2.12 bits per heavy atom. The lowest BCUT2D eigenvalue weighted by molar-refractivity contribution is 0.662. The summed E-state index contributed by atoms with van der Waals surface area (Å²) in [6, 6.07) is 0. The highest BCUT2D eigenvalue weighted by atomic mass is 32.1. The standard InChI is InChI=1S/C12H19N3S/c1-2-6-13-7-10-14-15-12(16-10)11-8-4-3-5-9(8)11/h8-9,11,13H,2-7H2,1H3. The average molecular weight is 237 g/mol. The molecule has 2 aliphatic rings. The van der Waals surface area contributed by atoms with Crippen LogP contribution in [-0.4, -0.2) is 16.7 Å². The molecular weight excluding hydrogens is 218 g/mol. The quantitative estimate of drug-likeness (QED) is 0.800. The Balaban J connectivity index is 1.57. The van der Waals surface area contributed by atoms with Crippen molar-refractivity contribution in [2.24, 2.45) is 11.8 Å². The third kappa shape index (κ3) is 1.89. The van der Waals surface area contributed by atoms with Crippen molar-refractivity contribution in [1.29, 1.82) is 0 Å². The van der Waals surface area contributed by atoms with Gasteiger partial charge in [0.2, 0.25) is 0 Å². The van der Waals surface area contributed by atoms with Gasteiger partial charge in [-0.2, -0.15) is 0 Å². The molecule has 0 amide bonds. The average Bonchev–Trinajstić information content (AvgIpc) is 2.75. The zero-order chi connectivity index (χ0) is 11.0. The summed E-state index contributed by atoms with van der Waals surface area (Å²) >= 11 is 1.83. The number of hydrogen-bond donors (Lipinski definition) is 1. The van der Waals surface area contributed by atoms with Crippen LogP contribution in [0.25, 0.3) is 0 Å². The first kappa shape index (κ1) is 10.7. The lowest BCUT2D eigenvalue weighted by atomic mass is 10.2. The van der Waals surface area contributed by atoms with E-state index in [-0.39, 0.29) is 0 Å². The van der Waals surface area contributed by atoms with Crippen LogP contribution >= 0.6 is 11.3 Å². The van der Waals surface area contributed by atoms with Gasteiger partial charge in [0.25, 0.3) is 0 Å². The first-order valence-electron chi connectivity index (χ1n) is 6.43. The smallest absolute Gasteiger partial charge is 0.131 e. The molecule has 2 aliphatic carbocycles. The van der Waals surface area contributed by atoms with Crippen molar-refractivity contribution in [3.05, 3.63) is 10.0 Å². The van der Waals surface area contributed by atoms with Crippen LogP contribution in [0.4, 0.5) is 0 Å². The number of rotatable bonds is 5. The maximum Gasteiger partial charge on any atom is 0.131 e. The Hall–Kier alpha value is -0.480. The van der Waals surface area contributed by atoms with Crippen molar-refractivity contribution in [3.8, 4) is 0 Å². The summed E-state index contributed by atoms with van der Waals surface area (Å²) in [6.45, 7) is 4.15. The van der Waals surface area contributed by atoms with E-state index in [1.807, 2.05) is 11.3 Å². The van der Waals surface area contributed by atoms with Gasteiger partial charge in [-0.1, -0.05) is 24.7 Å². The van der Waals surface area contributed by atoms with Crippen LogP contribution in [0, 0.1) is 11.8 Å². The second-order valence-electron chi connectivity index (χ2n) is 5.00. The van der Waals surface area contributed by atoms with E-state index in [2.05, 4.69) is 22.4 Å². The number of hydrogen-bond acceptors (Lipinski definition) is 4. The number of aromatic nitrogens is 2. The number of nitrogens with one attached hydrogen (secondary N) is 1.